The van der Waals surface area contributed by atoms with Gasteiger partial charge in [-0.2, -0.15) is 0 Å². The molecule has 0 bridgehead atoms. The molecular formula is C23H26N4O2S. The van der Waals surface area contributed by atoms with Gasteiger partial charge in [-0.3, -0.25) is 4.79 Å². The maximum atomic E-state index is 12.6. The first-order valence-corrected chi connectivity index (χ1v) is 11.0. The van der Waals surface area contributed by atoms with Gasteiger partial charge < -0.3 is 19.9 Å². The van der Waals surface area contributed by atoms with Gasteiger partial charge in [0.2, 0.25) is 0 Å². The normalized spacial score (nSPS) is 15.0. The van der Waals surface area contributed by atoms with Crippen LogP contribution in [-0.4, -0.2) is 44.2 Å². The number of thiazole rings is 1. The highest BCUT2D eigenvalue weighted by Crippen LogP contribution is 2.25. The SMILES string of the molecule is COc1ccc(N2CCN(c3nc(C(=O)N[C@H](C)c4ccccc4)cs3)CC2)cc1. The summed E-state index contributed by atoms with van der Waals surface area (Å²) < 4.78 is 5.24. The zero-order valence-corrected chi connectivity index (χ0v) is 18.1. The van der Waals surface area contributed by atoms with Crippen molar-refractivity contribution in [3.63, 3.8) is 0 Å². The van der Waals surface area contributed by atoms with Crippen LogP contribution in [0.3, 0.4) is 0 Å². The Morgan fingerprint density at radius 3 is 2.37 bits per heavy atom. The Morgan fingerprint density at radius 2 is 1.70 bits per heavy atom. The first-order valence-electron chi connectivity index (χ1n) is 10.1. The lowest BCUT2D eigenvalue weighted by atomic mass is 10.1. The third-order valence-electron chi connectivity index (χ3n) is 5.36. The van der Waals surface area contributed by atoms with Crippen molar-refractivity contribution in [1.82, 2.24) is 10.3 Å². The number of nitrogens with one attached hydrogen (secondary N) is 1. The van der Waals surface area contributed by atoms with E-state index in [-0.39, 0.29) is 11.9 Å². The lowest BCUT2D eigenvalue weighted by molar-refractivity contribution is 0.0935. The Kier molecular flexibility index (Phi) is 6.18. The van der Waals surface area contributed by atoms with Gasteiger partial charge in [0.05, 0.1) is 13.2 Å². The molecule has 4 rings (SSSR count). The van der Waals surface area contributed by atoms with Crippen LogP contribution in [-0.2, 0) is 0 Å². The minimum Gasteiger partial charge on any atom is -0.497 e. The highest BCUT2D eigenvalue weighted by Gasteiger charge is 2.21. The fourth-order valence-corrected chi connectivity index (χ4v) is 4.42. The molecule has 156 valence electrons. The summed E-state index contributed by atoms with van der Waals surface area (Å²) in [5, 5.41) is 5.78. The standard InChI is InChI=1S/C23H26N4O2S/c1-17(18-6-4-3-5-7-18)24-22(28)21-16-30-23(25-21)27-14-12-26(13-15-27)19-8-10-20(29-2)11-9-19/h3-11,16-17H,12-15H2,1-2H3,(H,24,28)/t17-/m1/s1. The van der Waals surface area contributed by atoms with Crippen LogP contribution >= 0.6 is 11.3 Å². The summed E-state index contributed by atoms with van der Waals surface area (Å²) in [5.41, 5.74) is 2.76. The van der Waals surface area contributed by atoms with E-state index in [1.54, 1.807) is 7.11 Å². The number of amides is 1. The molecule has 1 amide bonds. The minimum absolute atomic E-state index is 0.0584. The Balaban J connectivity index is 1.33. The smallest absolute Gasteiger partial charge is 0.271 e. The molecule has 30 heavy (non-hydrogen) atoms. The molecule has 6 nitrogen and oxygen atoms in total. The number of carbonyl (C=O) groups is 1. The van der Waals surface area contributed by atoms with E-state index in [0.29, 0.717) is 5.69 Å². The number of nitrogens with zero attached hydrogens (tertiary/aromatic N) is 3. The van der Waals surface area contributed by atoms with E-state index in [1.165, 1.54) is 17.0 Å². The Hall–Kier alpha value is -3.06. The zero-order valence-electron chi connectivity index (χ0n) is 17.2. The van der Waals surface area contributed by atoms with E-state index in [0.717, 1.165) is 42.6 Å². The van der Waals surface area contributed by atoms with Crippen molar-refractivity contribution in [1.29, 1.82) is 0 Å². The number of ether oxygens (including phenoxy) is 1. The molecule has 1 aliphatic heterocycles. The number of carbonyl (C=O) groups excluding carboxylic acids is 1. The van der Waals surface area contributed by atoms with Crippen LogP contribution in [0.2, 0.25) is 0 Å². The quantitative estimate of drug-likeness (QED) is 0.651. The van der Waals surface area contributed by atoms with Gasteiger partial charge in [-0.25, -0.2) is 4.98 Å². The molecule has 7 heteroatoms. The number of benzene rings is 2. The molecule has 1 N–H and O–H groups in total. The van der Waals surface area contributed by atoms with Crippen LogP contribution in [0.5, 0.6) is 5.75 Å². The number of hydrogen-bond donors (Lipinski definition) is 1. The molecule has 0 saturated carbocycles. The third kappa shape index (κ3) is 4.57. The first-order chi connectivity index (χ1) is 14.6. The van der Waals surface area contributed by atoms with Crippen LogP contribution < -0.4 is 19.9 Å². The van der Waals surface area contributed by atoms with Crippen molar-refractivity contribution in [3.8, 4) is 5.75 Å². The van der Waals surface area contributed by atoms with E-state index in [4.69, 9.17) is 4.74 Å². The van der Waals surface area contributed by atoms with Crippen molar-refractivity contribution in [2.24, 2.45) is 0 Å². The predicted molar refractivity (Wildman–Crippen MR) is 122 cm³/mol. The van der Waals surface area contributed by atoms with Crippen molar-refractivity contribution in [3.05, 3.63) is 71.2 Å². The van der Waals surface area contributed by atoms with Crippen molar-refractivity contribution >= 4 is 28.1 Å². The molecule has 2 heterocycles. The van der Waals surface area contributed by atoms with Gasteiger partial charge in [0.25, 0.3) is 5.91 Å². The molecule has 2 aromatic carbocycles. The van der Waals surface area contributed by atoms with E-state index < -0.39 is 0 Å². The number of methoxy groups -OCH3 is 1. The topological polar surface area (TPSA) is 57.7 Å². The van der Waals surface area contributed by atoms with Gasteiger partial charge in [0.15, 0.2) is 5.13 Å². The molecule has 0 unspecified atom stereocenters. The zero-order chi connectivity index (χ0) is 20.9. The second-order valence-electron chi connectivity index (χ2n) is 7.29. The monoisotopic (exact) mass is 422 g/mol. The van der Waals surface area contributed by atoms with Gasteiger partial charge in [0.1, 0.15) is 11.4 Å². The number of anilines is 2. The van der Waals surface area contributed by atoms with Gasteiger partial charge in [-0.15, -0.1) is 11.3 Å². The van der Waals surface area contributed by atoms with Gasteiger partial charge >= 0.3 is 0 Å². The maximum absolute atomic E-state index is 12.6. The van der Waals surface area contributed by atoms with E-state index >= 15 is 0 Å². The maximum Gasteiger partial charge on any atom is 0.271 e. The average molecular weight is 423 g/mol. The summed E-state index contributed by atoms with van der Waals surface area (Å²) in [6.45, 7) is 5.57. The molecular weight excluding hydrogens is 396 g/mol. The first kappa shape index (κ1) is 20.2. The van der Waals surface area contributed by atoms with Crippen molar-refractivity contribution in [2.45, 2.75) is 13.0 Å². The van der Waals surface area contributed by atoms with Gasteiger partial charge in [-0.05, 0) is 36.8 Å². The fraction of sp³-hybridized carbons (Fsp3) is 0.304. The van der Waals surface area contributed by atoms with Gasteiger partial charge in [-0.1, -0.05) is 30.3 Å². The van der Waals surface area contributed by atoms with Crippen LogP contribution in [0.15, 0.2) is 60.0 Å². The number of aromatic nitrogens is 1. The van der Waals surface area contributed by atoms with E-state index in [2.05, 4.69) is 32.2 Å². The second-order valence-corrected chi connectivity index (χ2v) is 8.13. The fourth-order valence-electron chi connectivity index (χ4n) is 3.56. The van der Waals surface area contributed by atoms with Crippen LogP contribution in [0.25, 0.3) is 0 Å². The van der Waals surface area contributed by atoms with E-state index in [9.17, 15) is 4.79 Å². The molecule has 0 spiro atoms. The number of rotatable bonds is 6. The Labute approximate surface area is 181 Å². The molecule has 0 aliphatic carbocycles. The summed E-state index contributed by atoms with van der Waals surface area (Å²) >= 11 is 1.53. The lowest BCUT2D eigenvalue weighted by Crippen LogP contribution is -2.46. The van der Waals surface area contributed by atoms with Crippen LogP contribution in [0.4, 0.5) is 10.8 Å². The van der Waals surface area contributed by atoms with Crippen LogP contribution in [0.1, 0.15) is 29.0 Å². The second kappa shape index (κ2) is 9.17. The Bertz CT molecular complexity index is 966. The molecule has 3 aromatic rings. The summed E-state index contributed by atoms with van der Waals surface area (Å²) in [4.78, 5) is 21.8. The third-order valence-corrected chi connectivity index (χ3v) is 6.26. The highest BCUT2D eigenvalue weighted by molar-refractivity contribution is 7.13. The molecule has 1 saturated heterocycles. The molecule has 1 aromatic heterocycles. The number of piperazine rings is 1. The summed E-state index contributed by atoms with van der Waals surface area (Å²) in [5.74, 6) is 0.735. The summed E-state index contributed by atoms with van der Waals surface area (Å²) in [7, 11) is 1.68. The summed E-state index contributed by atoms with van der Waals surface area (Å²) in [6.07, 6.45) is 0. The summed E-state index contributed by atoms with van der Waals surface area (Å²) in [6, 6.07) is 18.1. The molecule has 0 radical (unpaired) electrons. The van der Waals surface area contributed by atoms with Crippen molar-refractivity contribution < 1.29 is 9.53 Å². The van der Waals surface area contributed by atoms with Gasteiger partial charge in [0, 0.05) is 37.2 Å². The van der Waals surface area contributed by atoms with Crippen molar-refractivity contribution in [2.75, 3.05) is 43.1 Å². The highest BCUT2D eigenvalue weighted by atomic mass is 32.1. The molecule has 1 atom stereocenters. The average Bonchev–Trinajstić information content (AvgIpc) is 3.30. The lowest BCUT2D eigenvalue weighted by Gasteiger charge is -2.36. The number of hydrogen-bond acceptors (Lipinski definition) is 6. The predicted octanol–water partition coefficient (Wildman–Crippen LogP) is 3.97. The molecule has 1 fully saturated rings. The van der Waals surface area contributed by atoms with E-state index in [1.807, 2.05) is 54.8 Å². The minimum atomic E-state index is -0.134. The Morgan fingerprint density at radius 1 is 1.03 bits per heavy atom. The van der Waals surface area contributed by atoms with Crippen LogP contribution in [0, 0.1) is 0 Å². The molecule has 1 aliphatic rings. The largest absolute Gasteiger partial charge is 0.497 e.